The van der Waals surface area contributed by atoms with Crippen molar-refractivity contribution >= 4 is 35.8 Å². The molecule has 7 heteroatoms. The van der Waals surface area contributed by atoms with E-state index in [9.17, 15) is 5.11 Å². The van der Waals surface area contributed by atoms with Crippen LogP contribution in [0.15, 0.2) is 18.2 Å². The Bertz CT molecular complexity index is 697. The van der Waals surface area contributed by atoms with Gasteiger partial charge >= 0.3 is 0 Å². The maximum atomic E-state index is 9.96. The van der Waals surface area contributed by atoms with E-state index in [1.165, 1.54) is 5.56 Å². The molecule has 0 aliphatic carbocycles. The van der Waals surface area contributed by atoms with E-state index < -0.39 is 5.60 Å². The first kappa shape index (κ1) is 22.2. The van der Waals surface area contributed by atoms with Crippen LogP contribution < -0.4 is 5.32 Å². The van der Waals surface area contributed by atoms with Crippen LogP contribution in [-0.2, 0) is 4.74 Å². The number of aliphatic hydroxyl groups is 1. The molecule has 0 bridgehead atoms. The van der Waals surface area contributed by atoms with E-state index >= 15 is 0 Å². The van der Waals surface area contributed by atoms with Crippen molar-refractivity contribution < 1.29 is 9.84 Å². The summed E-state index contributed by atoms with van der Waals surface area (Å²) in [4.78, 5) is 4.73. The first-order valence-electron chi connectivity index (χ1n) is 8.35. The molecular weight excluding hydrogens is 361 g/mol. The summed E-state index contributed by atoms with van der Waals surface area (Å²) in [6, 6.07) is 6.66. The zero-order chi connectivity index (χ0) is 16.6. The lowest BCUT2D eigenvalue weighted by atomic mass is 10.0. The summed E-state index contributed by atoms with van der Waals surface area (Å²) in [6.07, 6.45) is 1.03. The van der Waals surface area contributed by atoms with E-state index in [0.717, 1.165) is 36.4 Å². The molecule has 2 heterocycles. The molecule has 0 radical (unpaired) electrons. The number of hydrogen-bond donors (Lipinski definition) is 2. The Balaban J connectivity index is 0.00000156. The van der Waals surface area contributed by atoms with Gasteiger partial charge in [0.15, 0.2) is 0 Å². The third kappa shape index (κ3) is 5.08. The molecule has 5 nitrogen and oxygen atoms in total. The van der Waals surface area contributed by atoms with Crippen LogP contribution in [0.5, 0.6) is 0 Å². The lowest BCUT2D eigenvalue weighted by molar-refractivity contribution is -0.0730. The van der Waals surface area contributed by atoms with Crippen LogP contribution in [0, 0.1) is 13.8 Å². The topological polar surface area (TPSA) is 59.3 Å². The van der Waals surface area contributed by atoms with Crippen LogP contribution in [-0.4, -0.2) is 46.1 Å². The Hall–Kier alpha value is -0.850. The summed E-state index contributed by atoms with van der Waals surface area (Å²) in [7, 11) is 0. The van der Waals surface area contributed by atoms with Gasteiger partial charge in [0, 0.05) is 6.54 Å². The summed E-state index contributed by atoms with van der Waals surface area (Å²) in [5, 5.41) is 13.4. The molecule has 1 aromatic heterocycles. The quantitative estimate of drug-likeness (QED) is 0.842. The van der Waals surface area contributed by atoms with Crippen molar-refractivity contribution in [2.24, 2.45) is 0 Å². The number of nitrogens with one attached hydrogen (secondary N) is 1. The fraction of sp³-hybridized carbons (Fsp3) is 0.611. The van der Waals surface area contributed by atoms with Crippen LogP contribution in [0.2, 0.25) is 0 Å². The Labute approximate surface area is 162 Å². The van der Waals surface area contributed by atoms with E-state index in [0.29, 0.717) is 6.61 Å². The minimum atomic E-state index is -0.814. The molecule has 0 amide bonds. The molecule has 2 atom stereocenters. The molecule has 1 aliphatic heterocycles. The van der Waals surface area contributed by atoms with Gasteiger partial charge in [-0.1, -0.05) is 6.07 Å². The van der Waals surface area contributed by atoms with Gasteiger partial charge in [-0.05, 0) is 58.4 Å². The number of fused-ring (bicyclic) bond motifs is 1. The predicted molar refractivity (Wildman–Crippen MR) is 106 cm³/mol. The third-order valence-electron chi connectivity index (χ3n) is 4.40. The largest absolute Gasteiger partial charge is 0.388 e. The van der Waals surface area contributed by atoms with Crippen molar-refractivity contribution in [3.8, 4) is 0 Å². The monoisotopic (exact) mass is 389 g/mol. The van der Waals surface area contributed by atoms with Crippen molar-refractivity contribution in [1.82, 2.24) is 14.9 Å². The smallest absolute Gasteiger partial charge is 0.107 e. The number of aromatic nitrogens is 2. The molecular formula is C18H29Cl2N3O2. The number of imidazole rings is 1. The molecule has 1 aliphatic rings. The second-order valence-electron chi connectivity index (χ2n) is 7.24. The van der Waals surface area contributed by atoms with Crippen LogP contribution in [0.25, 0.3) is 11.0 Å². The van der Waals surface area contributed by atoms with Crippen LogP contribution in [0.1, 0.15) is 37.7 Å². The molecule has 1 saturated heterocycles. The predicted octanol–water partition coefficient (Wildman–Crippen LogP) is 3.19. The van der Waals surface area contributed by atoms with E-state index in [1.54, 1.807) is 13.8 Å². The van der Waals surface area contributed by atoms with Crippen molar-refractivity contribution in [2.45, 2.75) is 51.9 Å². The molecule has 0 spiro atoms. The summed E-state index contributed by atoms with van der Waals surface area (Å²) in [5.74, 6) is 1.02. The standard InChI is InChI=1S/C18H27N3O2.2ClH/c1-12-5-6-15-14(9-12)20-13(2)21(15)16-7-8-19-10-17(16)23-11-18(3,4)22;;/h5-6,9,16-17,19,22H,7-8,10-11H2,1-4H3;2*1H/t16-,17-;;/m0../s1. The van der Waals surface area contributed by atoms with Gasteiger partial charge in [-0.25, -0.2) is 4.98 Å². The third-order valence-corrected chi connectivity index (χ3v) is 4.40. The first-order valence-corrected chi connectivity index (χ1v) is 8.35. The molecule has 1 fully saturated rings. The van der Waals surface area contributed by atoms with E-state index in [4.69, 9.17) is 9.72 Å². The number of hydrogen-bond acceptors (Lipinski definition) is 4. The number of aryl methyl sites for hydroxylation is 2. The van der Waals surface area contributed by atoms with Crippen LogP contribution in [0.4, 0.5) is 0 Å². The number of rotatable bonds is 4. The fourth-order valence-electron chi connectivity index (χ4n) is 3.34. The number of ether oxygens (including phenoxy) is 1. The van der Waals surface area contributed by atoms with Gasteiger partial charge in [0.05, 0.1) is 35.4 Å². The lowest BCUT2D eigenvalue weighted by Gasteiger charge is -2.35. The zero-order valence-electron chi connectivity index (χ0n) is 15.3. The molecule has 25 heavy (non-hydrogen) atoms. The van der Waals surface area contributed by atoms with Gasteiger partial charge in [-0.15, -0.1) is 24.8 Å². The summed E-state index contributed by atoms with van der Waals surface area (Å²) in [6.45, 7) is 9.81. The van der Waals surface area contributed by atoms with E-state index in [2.05, 4.69) is 41.9 Å². The zero-order valence-corrected chi connectivity index (χ0v) is 16.9. The average molecular weight is 390 g/mol. The molecule has 3 rings (SSSR count). The van der Waals surface area contributed by atoms with Crippen molar-refractivity contribution in [3.63, 3.8) is 0 Å². The van der Waals surface area contributed by atoms with Crippen LogP contribution >= 0.6 is 24.8 Å². The highest BCUT2D eigenvalue weighted by Crippen LogP contribution is 2.29. The summed E-state index contributed by atoms with van der Waals surface area (Å²) in [5.41, 5.74) is 2.62. The molecule has 0 saturated carbocycles. The normalized spacial score (nSPS) is 20.8. The SMILES string of the molecule is Cc1ccc2c(c1)nc(C)n2[C@H]1CCNC[C@@H]1OCC(C)(C)O.Cl.Cl. The van der Waals surface area contributed by atoms with Gasteiger partial charge in [-0.3, -0.25) is 0 Å². The van der Waals surface area contributed by atoms with E-state index in [-0.39, 0.29) is 37.0 Å². The van der Waals surface area contributed by atoms with E-state index in [1.807, 2.05) is 0 Å². The minimum Gasteiger partial charge on any atom is -0.388 e. The number of piperidine rings is 1. The second kappa shape index (κ2) is 8.69. The number of nitrogens with zero attached hydrogens (tertiary/aromatic N) is 2. The second-order valence-corrected chi connectivity index (χ2v) is 7.24. The van der Waals surface area contributed by atoms with Gasteiger partial charge in [-0.2, -0.15) is 0 Å². The first-order chi connectivity index (χ1) is 10.8. The minimum absolute atomic E-state index is 0. The van der Waals surface area contributed by atoms with Gasteiger partial charge < -0.3 is 19.7 Å². The van der Waals surface area contributed by atoms with Crippen molar-refractivity contribution in [2.75, 3.05) is 19.7 Å². The van der Waals surface area contributed by atoms with Crippen molar-refractivity contribution in [1.29, 1.82) is 0 Å². The molecule has 0 unspecified atom stereocenters. The van der Waals surface area contributed by atoms with Gasteiger partial charge in [0.2, 0.25) is 0 Å². The lowest BCUT2D eigenvalue weighted by Crippen LogP contribution is -2.45. The highest BCUT2D eigenvalue weighted by atomic mass is 35.5. The molecule has 2 aromatic rings. The van der Waals surface area contributed by atoms with Crippen LogP contribution in [0.3, 0.4) is 0 Å². The van der Waals surface area contributed by atoms with Gasteiger partial charge in [0.1, 0.15) is 5.82 Å². The molecule has 2 N–H and O–H groups in total. The maximum Gasteiger partial charge on any atom is 0.107 e. The number of halogens is 2. The highest BCUT2D eigenvalue weighted by Gasteiger charge is 2.30. The molecule has 1 aromatic carbocycles. The average Bonchev–Trinajstić information content (AvgIpc) is 2.79. The summed E-state index contributed by atoms with van der Waals surface area (Å²) >= 11 is 0. The Morgan fingerprint density at radius 1 is 1.32 bits per heavy atom. The maximum absolute atomic E-state index is 9.96. The Morgan fingerprint density at radius 3 is 2.72 bits per heavy atom. The summed E-state index contributed by atoms with van der Waals surface area (Å²) < 4.78 is 8.36. The Morgan fingerprint density at radius 2 is 2.04 bits per heavy atom. The highest BCUT2D eigenvalue weighted by molar-refractivity contribution is 5.85. The van der Waals surface area contributed by atoms with Gasteiger partial charge in [0.25, 0.3) is 0 Å². The Kier molecular flexibility index (Phi) is 7.71. The fourth-order valence-corrected chi connectivity index (χ4v) is 3.34. The molecule has 142 valence electrons. The number of benzene rings is 1. The van der Waals surface area contributed by atoms with Crippen molar-refractivity contribution in [3.05, 3.63) is 29.6 Å².